The molecule has 1 nitrogen and oxygen atoms in total. The maximum Gasteiger partial charge on any atom is 0.0438 e. The third kappa shape index (κ3) is 1.35. The van der Waals surface area contributed by atoms with E-state index >= 15 is 0 Å². The Kier molecular flexibility index (Phi) is 2.07. The zero-order valence-electron chi connectivity index (χ0n) is 7.15. The minimum atomic E-state index is 0.887. The van der Waals surface area contributed by atoms with Crippen molar-refractivity contribution in [3.63, 3.8) is 0 Å². The second kappa shape index (κ2) is 3.08. The van der Waals surface area contributed by atoms with Crippen LogP contribution in [0.2, 0.25) is 5.02 Å². The van der Waals surface area contributed by atoms with Crippen LogP contribution in [0.1, 0.15) is 16.7 Å². The van der Waals surface area contributed by atoms with Crippen LogP contribution in [0.15, 0.2) is 12.1 Å². The fourth-order valence-corrected chi connectivity index (χ4v) is 1.81. The molecule has 1 N–H and O–H groups in total. The van der Waals surface area contributed by atoms with Gasteiger partial charge in [0.05, 0.1) is 0 Å². The number of fused-ring (bicyclic) bond motifs is 1. The van der Waals surface area contributed by atoms with E-state index < -0.39 is 0 Å². The predicted molar refractivity (Wildman–Crippen MR) is 51.6 cm³/mol. The molecular formula is C10H12ClN. The Morgan fingerprint density at radius 1 is 1.33 bits per heavy atom. The van der Waals surface area contributed by atoms with Gasteiger partial charge in [0.1, 0.15) is 0 Å². The number of rotatable bonds is 0. The first-order chi connectivity index (χ1) is 5.77. The van der Waals surface area contributed by atoms with Crippen LogP contribution < -0.4 is 5.32 Å². The van der Waals surface area contributed by atoms with Crippen LogP contribution in [0.25, 0.3) is 0 Å². The lowest BCUT2D eigenvalue weighted by molar-refractivity contribution is 0.643. The van der Waals surface area contributed by atoms with E-state index in [4.69, 9.17) is 11.6 Å². The molecule has 0 saturated carbocycles. The van der Waals surface area contributed by atoms with E-state index in [1.807, 2.05) is 0 Å². The van der Waals surface area contributed by atoms with Gasteiger partial charge in [-0.15, -0.1) is 0 Å². The van der Waals surface area contributed by atoms with Crippen molar-refractivity contribution >= 4 is 11.6 Å². The van der Waals surface area contributed by atoms with Gasteiger partial charge in [-0.25, -0.2) is 0 Å². The van der Waals surface area contributed by atoms with E-state index in [0.29, 0.717) is 0 Å². The van der Waals surface area contributed by atoms with E-state index in [2.05, 4.69) is 24.4 Å². The Morgan fingerprint density at radius 3 is 3.00 bits per heavy atom. The fraction of sp³-hybridized carbons (Fsp3) is 0.400. The lowest BCUT2D eigenvalue weighted by atomic mass is 9.99. The molecule has 0 saturated heterocycles. The minimum Gasteiger partial charge on any atom is -0.312 e. The molecule has 2 rings (SSSR count). The number of halogens is 1. The Labute approximate surface area is 77.7 Å². The molecule has 0 aliphatic carbocycles. The van der Waals surface area contributed by atoms with Gasteiger partial charge in [0.2, 0.25) is 0 Å². The summed E-state index contributed by atoms with van der Waals surface area (Å²) in [6.45, 7) is 4.12. The monoisotopic (exact) mass is 181 g/mol. The largest absolute Gasteiger partial charge is 0.312 e. The van der Waals surface area contributed by atoms with Crippen molar-refractivity contribution in [3.05, 3.63) is 33.8 Å². The Bertz CT molecular complexity index is 276. The van der Waals surface area contributed by atoms with Gasteiger partial charge in [-0.05, 0) is 42.6 Å². The van der Waals surface area contributed by atoms with Gasteiger partial charge >= 0.3 is 0 Å². The molecule has 0 fully saturated rings. The quantitative estimate of drug-likeness (QED) is 0.648. The summed E-state index contributed by atoms with van der Waals surface area (Å²) in [6.07, 6.45) is 1.13. The highest BCUT2D eigenvalue weighted by molar-refractivity contribution is 6.31. The van der Waals surface area contributed by atoms with E-state index in [-0.39, 0.29) is 0 Å². The number of hydrogen-bond donors (Lipinski definition) is 1. The summed E-state index contributed by atoms with van der Waals surface area (Å²) >= 11 is 6.02. The molecule has 0 atom stereocenters. The first kappa shape index (κ1) is 8.09. The van der Waals surface area contributed by atoms with Gasteiger partial charge in [-0.3, -0.25) is 0 Å². The Morgan fingerprint density at radius 2 is 2.17 bits per heavy atom. The van der Waals surface area contributed by atoms with Crippen LogP contribution in [0, 0.1) is 6.92 Å². The summed E-state index contributed by atoms with van der Waals surface area (Å²) in [5.41, 5.74) is 4.00. The number of aryl methyl sites for hydroxylation is 1. The molecule has 1 aromatic carbocycles. The predicted octanol–water partition coefficient (Wildman–Crippen LogP) is 2.29. The van der Waals surface area contributed by atoms with Gasteiger partial charge in [0.25, 0.3) is 0 Å². The van der Waals surface area contributed by atoms with E-state index in [9.17, 15) is 0 Å². The first-order valence-corrected chi connectivity index (χ1v) is 4.64. The van der Waals surface area contributed by atoms with Gasteiger partial charge < -0.3 is 5.32 Å². The lowest BCUT2D eigenvalue weighted by Gasteiger charge is -2.17. The molecule has 0 bridgehead atoms. The maximum absolute atomic E-state index is 6.02. The topological polar surface area (TPSA) is 12.0 Å². The van der Waals surface area contributed by atoms with Crippen molar-refractivity contribution in [2.45, 2.75) is 19.9 Å². The molecule has 0 aromatic heterocycles. The van der Waals surface area contributed by atoms with Gasteiger partial charge in [-0.2, -0.15) is 0 Å². The van der Waals surface area contributed by atoms with Gasteiger partial charge in [0.15, 0.2) is 0 Å². The lowest BCUT2D eigenvalue weighted by Crippen LogP contribution is -2.23. The normalized spacial score (nSPS) is 15.8. The standard InChI is InChI=1S/C10H12ClN/c1-7-4-8-2-3-12-6-9(8)5-10(7)11/h4-5,12H,2-3,6H2,1H3. The van der Waals surface area contributed by atoms with Crippen LogP contribution in [0.4, 0.5) is 0 Å². The summed E-state index contributed by atoms with van der Waals surface area (Å²) in [7, 11) is 0. The SMILES string of the molecule is Cc1cc2c(cc1Cl)CNCC2. The third-order valence-electron chi connectivity index (χ3n) is 2.37. The molecule has 0 amide bonds. The average molecular weight is 182 g/mol. The zero-order valence-corrected chi connectivity index (χ0v) is 7.91. The average Bonchev–Trinajstić information content (AvgIpc) is 2.07. The highest BCUT2D eigenvalue weighted by Crippen LogP contribution is 2.22. The number of hydrogen-bond acceptors (Lipinski definition) is 1. The zero-order chi connectivity index (χ0) is 8.55. The fourth-order valence-electron chi connectivity index (χ4n) is 1.63. The Hall–Kier alpha value is -0.530. The van der Waals surface area contributed by atoms with Crippen LogP contribution in [0.3, 0.4) is 0 Å². The number of benzene rings is 1. The van der Waals surface area contributed by atoms with Crippen molar-refractivity contribution in [2.75, 3.05) is 6.54 Å². The first-order valence-electron chi connectivity index (χ1n) is 4.26. The highest BCUT2D eigenvalue weighted by atomic mass is 35.5. The molecule has 1 aliphatic rings. The molecule has 12 heavy (non-hydrogen) atoms. The van der Waals surface area contributed by atoms with Crippen LogP contribution in [-0.4, -0.2) is 6.54 Å². The summed E-state index contributed by atoms with van der Waals surface area (Å²) in [5.74, 6) is 0. The molecular weight excluding hydrogens is 170 g/mol. The van der Waals surface area contributed by atoms with Crippen LogP contribution in [-0.2, 0) is 13.0 Å². The van der Waals surface area contributed by atoms with E-state index in [1.165, 1.54) is 16.7 Å². The molecule has 1 aromatic rings. The van der Waals surface area contributed by atoms with Crippen molar-refractivity contribution in [2.24, 2.45) is 0 Å². The van der Waals surface area contributed by atoms with Crippen molar-refractivity contribution in [1.82, 2.24) is 5.32 Å². The molecule has 0 spiro atoms. The highest BCUT2D eigenvalue weighted by Gasteiger charge is 2.09. The molecule has 0 unspecified atom stereocenters. The Balaban J connectivity index is 2.49. The van der Waals surface area contributed by atoms with Crippen LogP contribution >= 0.6 is 11.6 Å². The summed E-state index contributed by atoms with van der Waals surface area (Å²) in [4.78, 5) is 0. The summed E-state index contributed by atoms with van der Waals surface area (Å²) < 4.78 is 0. The van der Waals surface area contributed by atoms with E-state index in [1.54, 1.807) is 0 Å². The van der Waals surface area contributed by atoms with Crippen molar-refractivity contribution in [3.8, 4) is 0 Å². The molecule has 1 aliphatic heterocycles. The third-order valence-corrected chi connectivity index (χ3v) is 2.77. The minimum absolute atomic E-state index is 0.887. The summed E-state index contributed by atoms with van der Waals surface area (Å²) in [5, 5.41) is 4.22. The molecule has 0 radical (unpaired) electrons. The smallest absolute Gasteiger partial charge is 0.0438 e. The van der Waals surface area contributed by atoms with Crippen molar-refractivity contribution < 1.29 is 0 Å². The second-order valence-electron chi connectivity index (χ2n) is 3.30. The van der Waals surface area contributed by atoms with Gasteiger partial charge in [-0.1, -0.05) is 17.7 Å². The molecule has 2 heteroatoms. The molecule has 64 valence electrons. The number of nitrogens with one attached hydrogen (secondary N) is 1. The van der Waals surface area contributed by atoms with Crippen LogP contribution in [0.5, 0.6) is 0 Å². The van der Waals surface area contributed by atoms with Crippen molar-refractivity contribution in [1.29, 1.82) is 0 Å². The molecule has 1 heterocycles. The second-order valence-corrected chi connectivity index (χ2v) is 3.70. The summed E-state index contributed by atoms with van der Waals surface area (Å²) in [6, 6.07) is 4.29. The maximum atomic E-state index is 6.02. The van der Waals surface area contributed by atoms with E-state index in [0.717, 1.165) is 24.5 Å². The van der Waals surface area contributed by atoms with Gasteiger partial charge in [0, 0.05) is 11.6 Å².